The SMILES string of the molecule is NC(N)=NCCC[C@@H](NC(=O)[C@@H](N)Cc1ccc(O)cc1)C(=O)NCC(=O)N[C@H](C=O)Cc1ccccc1. The molecule has 0 aliphatic rings. The fraction of sp³-hybridized carbons (Fsp3) is 0.346. The number of rotatable bonds is 15. The van der Waals surface area contributed by atoms with Gasteiger partial charge in [-0.05, 0) is 48.9 Å². The van der Waals surface area contributed by atoms with E-state index in [0.717, 1.165) is 11.1 Å². The van der Waals surface area contributed by atoms with Gasteiger partial charge in [0.2, 0.25) is 17.7 Å². The second-order valence-electron chi connectivity index (χ2n) is 8.70. The summed E-state index contributed by atoms with van der Waals surface area (Å²) in [6.07, 6.45) is 1.69. The molecule has 0 bridgehead atoms. The third kappa shape index (κ3) is 11.1. The Morgan fingerprint density at radius 2 is 1.58 bits per heavy atom. The molecule has 12 heteroatoms. The summed E-state index contributed by atoms with van der Waals surface area (Å²) in [5, 5.41) is 17.1. The molecule has 2 aromatic carbocycles. The lowest BCUT2D eigenvalue weighted by atomic mass is 10.0. The minimum absolute atomic E-state index is 0.0906. The van der Waals surface area contributed by atoms with Crippen LogP contribution in [0.2, 0.25) is 0 Å². The summed E-state index contributed by atoms with van der Waals surface area (Å²) in [5.41, 5.74) is 18.3. The van der Waals surface area contributed by atoms with Crippen molar-refractivity contribution in [2.75, 3.05) is 13.1 Å². The van der Waals surface area contributed by atoms with Gasteiger partial charge >= 0.3 is 0 Å². The van der Waals surface area contributed by atoms with Gasteiger partial charge in [0, 0.05) is 6.54 Å². The molecule has 0 spiro atoms. The predicted octanol–water partition coefficient (Wildman–Crippen LogP) is -1.16. The molecule has 0 aliphatic carbocycles. The number of nitrogens with zero attached hydrogens (tertiary/aromatic N) is 1. The van der Waals surface area contributed by atoms with Crippen molar-refractivity contribution in [3.8, 4) is 5.75 Å². The minimum Gasteiger partial charge on any atom is -0.508 e. The molecule has 0 unspecified atom stereocenters. The van der Waals surface area contributed by atoms with Crippen LogP contribution in [-0.2, 0) is 32.0 Å². The standard InChI is InChI=1S/C26H35N7O5/c27-21(14-18-8-10-20(35)11-9-18)24(37)33-22(7-4-12-30-26(28)29)25(38)31-15-23(36)32-19(16-34)13-17-5-2-1-3-6-17/h1-3,5-6,8-11,16,19,21-22,35H,4,7,12-15,27H2,(H,31,38)(H,32,36)(H,33,37)(H4,28,29,30)/t19-,21-,22+/m0/s1. The number of hydrogen-bond acceptors (Lipinski definition) is 7. The Morgan fingerprint density at radius 3 is 2.21 bits per heavy atom. The van der Waals surface area contributed by atoms with Crippen molar-refractivity contribution in [3.63, 3.8) is 0 Å². The minimum atomic E-state index is -0.999. The first-order chi connectivity index (χ1) is 18.2. The Morgan fingerprint density at radius 1 is 0.921 bits per heavy atom. The molecule has 0 heterocycles. The molecule has 12 nitrogen and oxygen atoms in total. The molecule has 2 aromatic rings. The first kappa shape index (κ1) is 29.8. The molecule has 3 amide bonds. The molecular formula is C26H35N7O5. The Hall–Kier alpha value is -4.45. The number of phenolic OH excluding ortho intramolecular Hbond substituents is 1. The smallest absolute Gasteiger partial charge is 0.243 e. The lowest BCUT2D eigenvalue weighted by Gasteiger charge is -2.21. The highest BCUT2D eigenvalue weighted by Crippen LogP contribution is 2.11. The quantitative estimate of drug-likeness (QED) is 0.0650. The number of aliphatic imine (C=N–C) groups is 1. The molecule has 2 rings (SSSR count). The van der Waals surface area contributed by atoms with Gasteiger partial charge in [0.05, 0.1) is 18.6 Å². The number of amides is 3. The summed E-state index contributed by atoms with van der Waals surface area (Å²) in [7, 11) is 0. The Bertz CT molecular complexity index is 1090. The highest BCUT2D eigenvalue weighted by atomic mass is 16.3. The lowest BCUT2D eigenvalue weighted by molar-refractivity contribution is -0.131. The van der Waals surface area contributed by atoms with E-state index >= 15 is 0 Å². The van der Waals surface area contributed by atoms with Crippen molar-refractivity contribution in [3.05, 3.63) is 65.7 Å². The van der Waals surface area contributed by atoms with Gasteiger partial charge < -0.3 is 43.1 Å². The summed E-state index contributed by atoms with van der Waals surface area (Å²) in [6.45, 7) is -0.152. The Kier molecular flexibility index (Phi) is 12.2. The molecule has 204 valence electrons. The molecule has 38 heavy (non-hydrogen) atoms. The number of aldehydes is 1. The average Bonchev–Trinajstić information content (AvgIpc) is 2.90. The van der Waals surface area contributed by atoms with Crippen molar-refractivity contribution < 1.29 is 24.3 Å². The monoisotopic (exact) mass is 525 g/mol. The zero-order valence-electron chi connectivity index (χ0n) is 21.0. The predicted molar refractivity (Wildman–Crippen MR) is 143 cm³/mol. The van der Waals surface area contributed by atoms with E-state index in [9.17, 15) is 24.3 Å². The largest absolute Gasteiger partial charge is 0.508 e. The lowest BCUT2D eigenvalue weighted by Crippen LogP contribution is -2.53. The zero-order chi connectivity index (χ0) is 27.9. The van der Waals surface area contributed by atoms with Crippen LogP contribution in [0.15, 0.2) is 59.6 Å². The highest BCUT2D eigenvalue weighted by molar-refractivity contribution is 5.92. The number of carbonyl (C=O) groups excluding carboxylic acids is 4. The normalized spacial score (nSPS) is 12.9. The van der Waals surface area contributed by atoms with Crippen LogP contribution < -0.4 is 33.2 Å². The zero-order valence-corrected chi connectivity index (χ0v) is 21.0. The van der Waals surface area contributed by atoms with E-state index in [0.29, 0.717) is 19.1 Å². The average molecular weight is 526 g/mol. The van der Waals surface area contributed by atoms with Crippen molar-refractivity contribution in [2.24, 2.45) is 22.2 Å². The molecule has 0 saturated heterocycles. The topological polar surface area (TPSA) is 215 Å². The molecular weight excluding hydrogens is 490 g/mol. The van der Waals surface area contributed by atoms with Gasteiger partial charge in [-0.15, -0.1) is 0 Å². The number of nitrogens with two attached hydrogens (primary N) is 3. The first-order valence-electron chi connectivity index (χ1n) is 12.1. The first-order valence-corrected chi connectivity index (χ1v) is 12.1. The van der Waals surface area contributed by atoms with Gasteiger partial charge in [0.1, 0.15) is 18.1 Å². The number of phenols is 1. The third-order valence-corrected chi connectivity index (χ3v) is 5.54. The molecule has 0 aromatic heterocycles. The Balaban J connectivity index is 1.94. The number of guanidine groups is 1. The summed E-state index contributed by atoms with van der Waals surface area (Å²) in [6, 6.07) is 12.7. The van der Waals surface area contributed by atoms with E-state index in [1.54, 1.807) is 12.1 Å². The van der Waals surface area contributed by atoms with E-state index in [2.05, 4.69) is 20.9 Å². The third-order valence-electron chi connectivity index (χ3n) is 5.54. The van der Waals surface area contributed by atoms with E-state index in [-0.39, 0.29) is 31.1 Å². The fourth-order valence-electron chi connectivity index (χ4n) is 3.58. The summed E-state index contributed by atoms with van der Waals surface area (Å²) in [4.78, 5) is 53.2. The van der Waals surface area contributed by atoms with Gasteiger partial charge in [-0.2, -0.15) is 0 Å². The van der Waals surface area contributed by atoms with Crippen molar-refractivity contribution in [1.29, 1.82) is 0 Å². The summed E-state index contributed by atoms with van der Waals surface area (Å²) < 4.78 is 0. The van der Waals surface area contributed by atoms with Crippen LogP contribution in [0.3, 0.4) is 0 Å². The maximum atomic E-state index is 12.8. The molecule has 0 fully saturated rings. The summed E-state index contributed by atoms with van der Waals surface area (Å²) >= 11 is 0. The molecule has 0 radical (unpaired) electrons. The second-order valence-corrected chi connectivity index (χ2v) is 8.70. The van der Waals surface area contributed by atoms with Gasteiger partial charge in [-0.1, -0.05) is 42.5 Å². The van der Waals surface area contributed by atoms with E-state index in [1.165, 1.54) is 12.1 Å². The van der Waals surface area contributed by atoms with E-state index < -0.39 is 42.4 Å². The van der Waals surface area contributed by atoms with Gasteiger partial charge in [-0.3, -0.25) is 19.4 Å². The van der Waals surface area contributed by atoms with Crippen LogP contribution in [0.1, 0.15) is 24.0 Å². The molecule has 0 saturated carbocycles. The number of hydrogen-bond donors (Lipinski definition) is 7. The second kappa shape index (κ2) is 15.6. The van der Waals surface area contributed by atoms with Crippen LogP contribution in [-0.4, -0.2) is 66.3 Å². The molecule has 3 atom stereocenters. The van der Waals surface area contributed by atoms with Crippen molar-refractivity contribution in [2.45, 2.75) is 43.8 Å². The van der Waals surface area contributed by atoms with Crippen molar-refractivity contribution >= 4 is 30.0 Å². The van der Waals surface area contributed by atoms with Gasteiger partial charge in [0.25, 0.3) is 0 Å². The number of aromatic hydroxyl groups is 1. The van der Waals surface area contributed by atoms with Crippen LogP contribution in [0, 0.1) is 0 Å². The van der Waals surface area contributed by atoms with Crippen LogP contribution in [0.5, 0.6) is 5.75 Å². The number of nitrogens with one attached hydrogen (secondary N) is 3. The fourth-order valence-corrected chi connectivity index (χ4v) is 3.58. The summed E-state index contributed by atoms with van der Waals surface area (Å²) in [5.74, 6) is -1.72. The van der Waals surface area contributed by atoms with Crippen LogP contribution in [0.25, 0.3) is 0 Å². The van der Waals surface area contributed by atoms with Gasteiger partial charge in [0.15, 0.2) is 5.96 Å². The Labute approximate surface area is 221 Å². The van der Waals surface area contributed by atoms with E-state index in [1.807, 2.05) is 30.3 Å². The van der Waals surface area contributed by atoms with Crippen LogP contribution in [0.4, 0.5) is 0 Å². The van der Waals surface area contributed by atoms with Gasteiger partial charge in [-0.25, -0.2) is 0 Å². The molecule has 0 aliphatic heterocycles. The number of carbonyl (C=O) groups is 4. The maximum absolute atomic E-state index is 12.8. The highest BCUT2D eigenvalue weighted by Gasteiger charge is 2.24. The van der Waals surface area contributed by atoms with Crippen LogP contribution >= 0.6 is 0 Å². The molecule has 10 N–H and O–H groups in total. The number of benzene rings is 2. The van der Waals surface area contributed by atoms with E-state index in [4.69, 9.17) is 17.2 Å². The maximum Gasteiger partial charge on any atom is 0.243 e. The van der Waals surface area contributed by atoms with Crippen molar-refractivity contribution in [1.82, 2.24) is 16.0 Å².